The average molecular weight is 993 g/mol. The summed E-state index contributed by atoms with van der Waals surface area (Å²) in [7, 11) is 0. The number of carbonyl (C=O) groups is 1. The van der Waals surface area contributed by atoms with Gasteiger partial charge < -0.3 is 40.3 Å². The van der Waals surface area contributed by atoms with Gasteiger partial charge in [-0.2, -0.15) is 0 Å². The molecule has 70 heavy (non-hydrogen) atoms. The van der Waals surface area contributed by atoms with Crippen LogP contribution in [0.3, 0.4) is 0 Å². The van der Waals surface area contributed by atoms with Crippen LogP contribution in [-0.4, -0.2) is 87.5 Å². The van der Waals surface area contributed by atoms with Crippen molar-refractivity contribution in [3.8, 4) is 0 Å². The lowest BCUT2D eigenvalue weighted by Gasteiger charge is -2.40. The number of hydrogen-bond donors (Lipinski definition) is 6. The lowest BCUT2D eigenvalue weighted by Crippen LogP contribution is -2.60. The van der Waals surface area contributed by atoms with Crippen molar-refractivity contribution in [2.45, 2.75) is 346 Å². The van der Waals surface area contributed by atoms with E-state index in [2.05, 4.69) is 31.3 Å². The molecule has 1 saturated heterocycles. The predicted octanol–water partition coefficient (Wildman–Crippen LogP) is 15.4. The topological polar surface area (TPSA) is 149 Å². The summed E-state index contributed by atoms with van der Waals surface area (Å²) in [5.74, 6) is -0.183. The van der Waals surface area contributed by atoms with Gasteiger partial charge in [0.15, 0.2) is 6.29 Å². The third-order valence-corrected chi connectivity index (χ3v) is 14.8. The number of ether oxygens (including phenoxy) is 2. The van der Waals surface area contributed by atoms with Gasteiger partial charge in [-0.25, -0.2) is 0 Å². The molecular weight excluding hydrogens is 875 g/mol. The van der Waals surface area contributed by atoms with Crippen molar-refractivity contribution in [1.82, 2.24) is 5.32 Å². The van der Waals surface area contributed by atoms with Crippen LogP contribution in [0.5, 0.6) is 0 Å². The fourth-order valence-electron chi connectivity index (χ4n) is 9.92. The number of rotatable bonds is 53. The molecule has 6 N–H and O–H groups in total. The van der Waals surface area contributed by atoms with Gasteiger partial charge in [-0.1, -0.05) is 276 Å². The number of allylic oxidation sites excluding steroid dienone is 3. The molecule has 0 aromatic rings. The van der Waals surface area contributed by atoms with Crippen molar-refractivity contribution >= 4 is 5.91 Å². The van der Waals surface area contributed by atoms with Crippen LogP contribution in [0.4, 0.5) is 0 Å². The molecule has 9 heteroatoms. The first kappa shape index (κ1) is 66.7. The second-order valence-electron chi connectivity index (χ2n) is 21.5. The van der Waals surface area contributed by atoms with Crippen LogP contribution in [0.25, 0.3) is 0 Å². The summed E-state index contributed by atoms with van der Waals surface area (Å²) in [6.07, 6.45) is 58.4. The van der Waals surface area contributed by atoms with Crippen molar-refractivity contribution in [3.63, 3.8) is 0 Å². The third-order valence-electron chi connectivity index (χ3n) is 14.8. The van der Waals surface area contributed by atoms with Crippen molar-refractivity contribution in [1.29, 1.82) is 0 Å². The fraction of sp³-hybridized carbons (Fsp3) is 0.918. The van der Waals surface area contributed by atoms with E-state index in [1.54, 1.807) is 6.08 Å². The largest absolute Gasteiger partial charge is 0.394 e. The second kappa shape index (κ2) is 51.2. The first-order valence-corrected chi connectivity index (χ1v) is 30.6. The van der Waals surface area contributed by atoms with Crippen LogP contribution < -0.4 is 5.32 Å². The van der Waals surface area contributed by atoms with E-state index in [0.717, 1.165) is 57.8 Å². The summed E-state index contributed by atoms with van der Waals surface area (Å²) in [6, 6.07) is -0.808. The van der Waals surface area contributed by atoms with Gasteiger partial charge in [0.2, 0.25) is 5.91 Å². The van der Waals surface area contributed by atoms with Crippen molar-refractivity contribution < 1.29 is 39.8 Å². The maximum absolute atomic E-state index is 13.0. The Bertz CT molecular complexity index is 1150. The van der Waals surface area contributed by atoms with Gasteiger partial charge in [0.1, 0.15) is 24.4 Å². The lowest BCUT2D eigenvalue weighted by atomic mass is 9.99. The summed E-state index contributed by atoms with van der Waals surface area (Å²) in [5.41, 5.74) is 0. The molecule has 0 spiro atoms. The SMILES string of the molecule is CCCCCCC/C=C\CCCCCCCC(=O)NC(COC1OC(CO)C(O)C(O)C1O)C(O)/C=C/CCCCCCCCCCCCCCCCCCCCCCCCCCCCCCCCC. The number of hydrogen-bond acceptors (Lipinski definition) is 8. The molecule has 414 valence electrons. The van der Waals surface area contributed by atoms with Crippen LogP contribution in [0.1, 0.15) is 303 Å². The highest BCUT2D eigenvalue weighted by Crippen LogP contribution is 2.23. The molecule has 0 aliphatic carbocycles. The maximum atomic E-state index is 13.0. The molecule has 1 heterocycles. The Balaban J connectivity index is 2.12. The Morgan fingerprint density at radius 1 is 0.471 bits per heavy atom. The molecule has 0 saturated carbocycles. The highest BCUT2D eigenvalue weighted by atomic mass is 16.7. The molecule has 7 unspecified atom stereocenters. The normalized spacial score (nSPS) is 19.4. The first-order chi connectivity index (χ1) is 34.3. The van der Waals surface area contributed by atoms with Gasteiger partial charge in [-0.05, 0) is 44.9 Å². The number of aliphatic hydroxyl groups excluding tert-OH is 5. The monoisotopic (exact) mass is 992 g/mol. The van der Waals surface area contributed by atoms with Crippen LogP contribution in [0.15, 0.2) is 24.3 Å². The molecule has 0 bridgehead atoms. The van der Waals surface area contributed by atoms with E-state index in [1.807, 2.05) is 6.08 Å². The van der Waals surface area contributed by atoms with Crippen LogP contribution in [-0.2, 0) is 14.3 Å². The number of aliphatic hydroxyl groups is 5. The van der Waals surface area contributed by atoms with Gasteiger partial charge in [-0.15, -0.1) is 0 Å². The molecule has 1 fully saturated rings. The van der Waals surface area contributed by atoms with Gasteiger partial charge in [0, 0.05) is 6.42 Å². The summed E-state index contributed by atoms with van der Waals surface area (Å²) >= 11 is 0. The molecule has 0 aromatic carbocycles. The molecule has 9 nitrogen and oxygen atoms in total. The number of nitrogens with one attached hydrogen (secondary N) is 1. The predicted molar refractivity (Wildman–Crippen MR) is 295 cm³/mol. The van der Waals surface area contributed by atoms with E-state index in [1.165, 1.54) is 225 Å². The molecule has 7 atom stereocenters. The van der Waals surface area contributed by atoms with Crippen molar-refractivity contribution in [2.75, 3.05) is 13.2 Å². The molecule has 1 aliphatic heterocycles. The summed E-state index contributed by atoms with van der Waals surface area (Å²) in [6.45, 7) is 3.79. The minimum atomic E-state index is -1.57. The van der Waals surface area contributed by atoms with E-state index < -0.39 is 49.5 Å². The van der Waals surface area contributed by atoms with E-state index in [-0.39, 0.29) is 12.5 Å². The lowest BCUT2D eigenvalue weighted by molar-refractivity contribution is -0.302. The Hall–Kier alpha value is -1.33. The zero-order chi connectivity index (χ0) is 50.8. The Morgan fingerprint density at radius 2 is 0.800 bits per heavy atom. The van der Waals surface area contributed by atoms with E-state index in [0.29, 0.717) is 6.42 Å². The quantitative estimate of drug-likeness (QED) is 0.0261. The Morgan fingerprint density at radius 3 is 1.16 bits per heavy atom. The first-order valence-electron chi connectivity index (χ1n) is 30.6. The molecule has 1 rings (SSSR count). The summed E-state index contributed by atoms with van der Waals surface area (Å²) in [5, 5.41) is 54.5. The van der Waals surface area contributed by atoms with Gasteiger partial charge in [0.05, 0.1) is 25.4 Å². The van der Waals surface area contributed by atoms with E-state index in [9.17, 15) is 30.3 Å². The van der Waals surface area contributed by atoms with Crippen LogP contribution in [0.2, 0.25) is 0 Å². The summed E-state index contributed by atoms with van der Waals surface area (Å²) < 4.78 is 11.3. The standard InChI is InChI=1S/C61H117NO8/c1-3-5-7-9-11-13-15-17-19-20-21-22-23-24-25-26-27-28-29-30-31-32-33-34-35-36-37-38-40-42-44-46-48-50-55(64)54(53-69-61-60(68)59(67)58(66)56(52-63)70-61)62-57(65)51-49-47-45-43-41-39-18-16-14-12-10-8-6-4-2/h16,18,48,50,54-56,58-61,63-64,66-68H,3-15,17,19-47,49,51-53H2,1-2H3,(H,62,65)/b18-16-,50-48+. The Labute approximate surface area is 432 Å². The summed E-state index contributed by atoms with van der Waals surface area (Å²) in [4.78, 5) is 13.0. The number of amides is 1. The zero-order valence-electron chi connectivity index (χ0n) is 46.0. The molecule has 0 aromatic heterocycles. The third kappa shape index (κ3) is 40.1. The maximum Gasteiger partial charge on any atom is 0.220 e. The minimum Gasteiger partial charge on any atom is -0.394 e. The van der Waals surface area contributed by atoms with Crippen molar-refractivity contribution in [3.05, 3.63) is 24.3 Å². The van der Waals surface area contributed by atoms with E-state index in [4.69, 9.17) is 9.47 Å². The van der Waals surface area contributed by atoms with Gasteiger partial charge in [-0.3, -0.25) is 4.79 Å². The molecule has 1 amide bonds. The van der Waals surface area contributed by atoms with Gasteiger partial charge in [0.25, 0.3) is 0 Å². The number of unbranched alkanes of at least 4 members (excludes halogenated alkanes) is 41. The average Bonchev–Trinajstić information content (AvgIpc) is 3.36. The zero-order valence-corrected chi connectivity index (χ0v) is 46.0. The van der Waals surface area contributed by atoms with Crippen LogP contribution in [0, 0.1) is 0 Å². The highest BCUT2D eigenvalue weighted by Gasteiger charge is 2.44. The Kier molecular flexibility index (Phi) is 48.7. The smallest absolute Gasteiger partial charge is 0.220 e. The van der Waals surface area contributed by atoms with Gasteiger partial charge >= 0.3 is 0 Å². The minimum absolute atomic E-state index is 0.183. The second-order valence-corrected chi connectivity index (χ2v) is 21.5. The number of carbonyl (C=O) groups excluding carboxylic acids is 1. The van der Waals surface area contributed by atoms with E-state index >= 15 is 0 Å². The fourth-order valence-corrected chi connectivity index (χ4v) is 9.92. The van der Waals surface area contributed by atoms with Crippen LogP contribution >= 0.6 is 0 Å². The molecule has 0 radical (unpaired) electrons. The molecular formula is C61H117NO8. The molecule has 1 aliphatic rings. The highest BCUT2D eigenvalue weighted by molar-refractivity contribution is 5.76. The van der Waals surface area contributed by atoms with Crippen molar-refractivity contribution in [2.24, 2.45) is 0 Å².